The summed E-state index contributed by atoms with van der Waals surface area (Å²) in [6, 6.07) is 23.3. The van der Waals surface area contributed by atoms with Crippen molar-refractivity contribution >= 4 is 23.5 Å². The molecule has 1 aliphatic rings. The first-order chi connectivity index (χ1) is 18.0. The molecule has 192 valence electrons. The van der Waals surface area contributed by atoms with Gasteiger partial charge in [0.05, 0.1) is 6.54 Å². The first kappa shape index (κ1) is 25.9. The summed E-state index contributed by atoms with van der Waals surface area (Å²) in [7, 11) is 1.59. The van der Waals surface area contributed by atoms with Crippen LogP contribution in [0.15, 0.2) is 72.8 Å². The van der Waals surface area contributed by atoms with E-state index in [4.69, 9.17) is 0 Å². The number of amides is 4. The highest BCUT2D eigenvalue weighted by atomic mass is 16.2. The lowest BCUT2D eigenvalue weighted by atomic mass is 9.98. The van der Waals surface area contributed by atoms with Crippen LogP contribution in [0.25, 0.3) is 11.1 Å². The summed E-state index contributed by atoms with van der Waals surface area (Å²) in [6.45, 7) is 2.79. The third-order valence-corrected chi connectivity index (χ3v) is 6.65. The van der Waals surface area contributed by atoms with Crippen LogP contribution >= 0.6 is 0 Å². The van der Waals surface area contributed by atoms with E-state index in [0.717, 1.165) is 46.3 Å². The van der Waals surface area contributed by atoms with E-state index in [9.17, 15) is 14.4 Å². The Bertz CT molecular complexity index is 1260. The predicted octanol–water partition coefficient (Wildman–Crippen LogP) is 4.55. The van der Waals surface area contributed by atoms with E-state index in [2.05, 4.69) is 22.0 Å². The molecule has 0 fully saturated rings. The van der Waals surface area contributed by atoms with E-state index >= 15 is 0 Å². The molecule has 7 heteroatoms. The van der Waals surface area contributed by atoms with Gasteiger partial charge in [-0.3, -0.25) is 9.59 Å². The van der Waals surface area contributed by atoms with Gasteiger partial charge < -0.3 is 20.9 Å². The van der Waals surface area contributed by atoms with Crippen LogP contribution in [-0.4, -0.2) is 30.9 Å². The van der Waals surface area contributed by atoms with Gasteiger partial charge in [0, 0.05) is 25.7 Å². The third-order valence-electron chi connectivity index (χ3n) is 6.65. The number of urea groups is 1. The maximum atomic E-state index is 13.6. The van der Waals surface area contributed by atoms with Gasteiger partial charge in [0.15, 0.2) is 0 Å². The third kappa shape index (κ3) is 6.36. The first-order valence-corrected chi connectivity index (χ1v) is 12.8. The van der Waals surface area contributed by atoms with Gasteiger partial charge in [-0.15, -0.1) is 0 Å². The van der Waals surface area contributed by atoms with Crippen LogP contribution in [-0.2, 0) is 29.1 Å². The molecule has 1 heterocycles. The van der Waals surface area contributed by atoms with Crippen molar-refractivity contribution in [1.82, 2.24) is 16.0 Å². The number of hydrogen-bond donors (Lipinski definition) is 3. The maximum absolute atomic E-state index is 13.6. The molecule has 4 amide bonds. The fraction of sp³-hybridized carbons (Fsp3) is 0.300. The maximum Gasteiger partial charge on any atom is 0.314 e. The Morgan fingerprint density at radius 3 is 2.46 bits per heavy atom. The number of hydrogen-bond acceptors (Lipinski definition) is 3. The van der Waals surface area contributed by atoms with Crippen LogP contribution in [0.1, 0.15) is 42.9 Å². The summed E-state index contributed by atoms with van der Waals surface area (Å²) in [5.41, 5.74) is 6.09. The van der Waals surface area contributed by atoms with Gasteiger partial charge in [-0.1, -0.05) is 73.7 Å². The minimum Gasteiger partial charge on any atom is -0.344 e. The Kier molecular flexibility index (Phi) is 8.56. The van der Waals surface area contributed by atoms with E-state index in [1.54, 1.807) is 11.9 Å². The molecule has 0 unspecified atom stereocenters. The zero-order valence-corrected chi connectivity index (χ0v) is 21.4. The molecule has 3 N–H and O–H groups in total. The number of carbonyl (C=O) groups excluding carboxylic acids is 3. The highest BCUT2D eigenvalue weighted by molar-refractivity contribution is 6.00. The van der Waals surface area contributed by atoms with E-state index < -0.39 is 6.04 Å². The monoisotopic (exact) mass is 498 g/mol. The van der Waals surface area contributed by atoms with Gasteiger partial charge in [-0.25, -0.2) is 4.79 Å². The predicted molar refractivity (Wildman–Crippen MR) is 146 cm³/mol. The van der Waals surface area contributed by atoms with Gasteiger partial charge in [0.1, 0.15) is 6.04 Å². The first-order valence-electron chi connectivity index (χ1n) is 12.8. The summed E-state index contributed by atoms with van der Waals surface area (Å²) in [6.07, 6.45) is 2.48. The number of anilines is 1. The molecule has 7 nitrogen and oxygen atoms in total. The highest BCUT2D eigenvalue weighted by Crippen LogP contribution is 2.30. The van der Waals surface area contributed by atoms with Crippen molar-refractivity contribution in [2.24, 2.45) is 0 Å². The van der Waals surface area contributed by atoms with Gasteiger partial charge in [0.2, 0.25) is 11.8 Å². The number of carbonyl (C=O) groups is 3. The molecule has 3 aromatic rings. The molecule has 0 bridgehead atoms. The second kappa shape index (κ2) is 12.2. The standard InChI is InChI=1S/C30H34N4O3/c1-3-8-28(35)33-26-18-17-23-9-5-7-12-27(23)34(29(26)36)20-21-13-15-22(16-14-21)25-11-6-4-10-24(25)19-32-30(37)31-2/h4-7,9-16,26H,3,8,17-20H2,1-2H3,(H,33,35)(H2,31,32,37)/t26-/m1/s1. The number of aryl methyl sites for hydroxylation is 1. The Morgan fingerprint density at radius 2 is 1.70 bits per heavy atom. The van der Waals surface area contributed by atoms with Crippen LogP contribution in [0.3, 0.4) is 0 Å². The van der Waals surface area contributed by atoms with Crippen molar-refractivity contribution in [3.8, 4) is 11.1 Å². The van der Waals surface area contributed by atoms with Crippen molar-refractivity contribution in [3.63, 3.8) is 0 Å². The average Bonchev–Trinajstić information content (AvgIpc) is 3.05. The highest BCUT2D eigenvalue weighted by Gasteiger charge is 2.31. The number of nitrogens with zero attached hydrogens (tertiary/aromatic N) is 1. The normalized spacial score (nSPS) is 14.9. The van der Waals surface area contributed by atoms with Crippen molar-refractivity contribution in [2.45, 2.75) is 51.7 Å². The molecule has 37 heavy (non-hydrogen) atoms. The SMILES string of the molecule is CCCC(=O)N[C@@H]1CCc2ccccc2N(Cc2ccc(-c3ccccc3CNC(=O)NC)cc2)C1=O. The molecule has 1 aliphatic heterocycles. The van der Waals surface area contributed by atoms with Gasteiger partial charge in [0.25, 0.3) is 0 Å². The molecule has 0 aromatic heterocycles. The van der Waals surface area contributed by atoms with Crippen LogP contribution < -0.4 is 20.9 Å². The number of benzene rings is 3. The molecule has 0 radical (unpaired) electrons. The van der Waals surface area contributed by atoms with E-state index in [1.165, 1.54) is 0 Å². The molecular weight excluding hydrogens is 464 g/mol. The smallest absolute Gasteiger partial charge is 0.314 e. The number of para-hydroxylation sites is 1. The lowest BCUT2D eigenvalue weighted by Crippen LogP contribution is -2.47. The van der Waals surface area contributed by atoms with E-state index in [-0.39, 0.29) is 17.8 Å². The summed E-state index contributed by atoms with van der Waals surface area (Å²) in [5.74, 6) is -0.162. The minimum atomic E-state index is -0.537. The van der Waals surface area contributed by atoms with Gasteiger partial charge >= 0.3 is 6.03 Å². The quantitative estimate of drug-likeness (QED) is 0.426. The summed E-state index contributed by atoms with van der Waals surface area (Å²) in [5, 5.41) is 8.37. The largest absolute Gasteiger partial charge is 0.344 e. The number of nitrogens with one attached hydrogen (secondary N) is 3. The lowest BCUT2D eigenvalue weighted by molar-refractivity contribution is -0.127. The number of fused-ring (bicyclic) bond motifs is 1. The van der Waals surface area contributed by atoms with E-state index in [0.29, 0.717) is 25.9 Å². The van der Waals surface area contributed by atoms with Crippen molar-refractivity contribution in [2.75, 3.05) is 11.9 Å². The number of rotatable bonds is 8. The average molecular weight is 499 g/mol. The van der Waals surface area contributed by atoms with E-state index in [1.807, 2.05) is 73.7 Å². The fourth-order valence-electron chi connectivity index (χ4n) is 4.70. The van der Waals surface area contributed by atoms with Gasteiger partial charge in [-0.05, 0) is 53.1 Å². The molecule has 0 aliphatic carbocycles. The molecule has 1 atom stereocenters. The molecule has 0 saturated heterocycles. The summed E-state index contributed by atoms with van der Waals surface area (Å²) >= 11 is 0. The summed E-state index contributed by atoms with van der Waals surface area (Å²) < 4.78 is 0. The van der Waals surface area contributed by atoms with Gasteiger partial charge in [-0.2, -0.15) is 0 Å². The molecule has 3 aromatic carbocycles. The molecular formula is C30H34N4O3. The Morgan fingerprint density at radius 1 is 0.973 bits per heavy atom. The van der Waals surface area contributed by atoms with Crippen LogP contribution in [0.4, 0.5) is 10.5 Å². The molecule has 0 saturated carbocycles. The second-order valence-electron chi connectivity index (χ2n) is 9.25. The zero-order chi connectivity index (χ0) is 26.2. The van der Waals surface area contributed by atoms with Crippen molar-refractivity contribution in [3.05, 3.63) is 89.5 Å². The zero-order valence-electron chi connectivity index (χ0n) is 21.4. The van der Waals surface area contributed by atoms with Crippen LogP contribution in [0, 0.1) is 0 Å². The minimum absolute atomic E-state index is 0.0795. The topological polar surface area (TPSA) is 90.5 Å². The van der Waals surface area contributed by atoms with Crippen molar-refractivity contribution < 1.29 is 14.4 Å². The molecule has 0 spiro atoms. The van der Waals surface area contributed by atoms with Crippen molar-refractivity contribution in [1.29, 1.82) is 0 Å². The second-order valence-corrected chi connectivity index (χ2v) is 9.25. The Labute approximate surface area is 218 Å². The van der Waals surface area contributed by atoms with Crippen LogP contribution in [0.2, 0.25) is 0 Å². The van der Waals surface area contributed by atoms with Crippen LogP contribution in [0.5, 0.6) is 0 Å². The summed E-state index contributed by atoms with van der Waals surface area (Å²) in [4.78, 5) is 39.4. The molecule has 4 rings (SSSR count). The Hall–Kier alpha value is -4.13. The fourth-order valence-corrected chi connectivity index (χ4v) is 4.70. The lowest BCUT2D eigenvalue weighted by Gasteiger charge is -2.26. The Balaban J connectivity index is 1.56.